The van der Waals surface area contributed by atoms with E-state index < -0.39 is 0 Å². The van der Waals surface area contributed by atoms with Gasteiger partial charge < -0.3 is 9.53 Å². The number of carbonyl (C=O) groups excluding carboxylic acids is 2. The van der Waals surface area contributed by atoms with Gasteiger partial charge in [0.25, 0.3) is 0 Å². The van der Waals surface area contributed by atoms with Crippen LogP contribution in [-0.4, -0.2) is 18.4 Å². The van der Waals surface area contributed by atoms with Gasteiger partial charge >= 0.3 is 5.97 Å². The van der Waals surface area contributed by atoms with Crippen molar-refractivity contribution in [3.05, 3.63) is 35.4 Å². The van der Waals surface area contributed by atoms with E-state index in [-0.39, 0.29) is 11.8 Å². The van der Waals surface area contributed by atoms with E-state index in [0.717, 1.165) is 17.5 Å². The highest BCUT2D eigenvalue weighted by molar-refractivity contribution is 5.75. The highest BCUT2D eigenvalue weighted by atomic mass is 16.5. The van der Waals surface area contributed by atoms with Crippen molar-refractivity contribution in [1.29, 1.82) is 0 Å². The molecule has 18 heavy (non-hydrogen) atoms. The summed E-state index contributed by atoms with van der Waals surface area (Å²) in [5, 5.41) is 0. The summed E-state index contributed by atoms with van der Waals surface area (Å²) in [5.41, 5.74) is 2.26. The first-order valence-electron chi connectivity index (χ1n) is 6.34. The van der Waals surface area contributed by atoms with Crippen LogP contribution in [-0.2, 0) is 27.2 Å². The van der Waals surface area contributed by atoms with E-state index in [2.05, 4.69) is 6.07 Å². The Bertz CT molecular complexity index is 410. The molecular weight excluding hydrogens is 228 g/mol. The summed E-state index contributed by atoms with van der Waals surface area (Å²) in [5.74, 6) is 0.0403. The molecule has 0 saturated carbocycles. The zero-order valence-corrected chi connectivity index (χ0v) is 11.1. The first-order valence-corrected chi connectivity index (χ1v) is 6.34. The predicted molar refractivity (Wildman–Crippen MR) is 70.4 cm³/mol. The molecule has 0 atom stereocenters. The molecule has 0 aliphatic heterocycles. The summed E-state index contributed by atoms with van der Waals surface area (Å²) >= 11 is 0. The van der Waals surface area contributed by atoms with Crippen molar-refractivity contribution >= 4 is 11.8 Å². The van der Waals surface area contributed by atoms with Crippen molar-refractivity contribution < 1.29 is 14.3 Å². The van der Waals surface area contributed by atoms with Crippen LogP contribution in [0.3, 0.4) is 0 Å². The van der Waals surface area contributed by atoms with E-state index >= 15 is 0 Å². The molecule has 98 valence electrons. The number of hydrogen-bond donors (Lipinski definition) is 0. The minimum atomic E-state index is -0.161. The van der Waals surface area contributed by atoms with Gasteiger partial charge in [-0.25, -0.2) is 0 Å². The van der Waals surface area contributed by atoms with Crippen LogP contribution in [0.1, 0.15) is 37.8 Å². The molecule has 3 nitrogen and oxygen atoms in total. The van der Waals surface area contributed by atoms with Gasteiger partial charge in [-0.15, -0.1) is 0 Å². The van der Waals surface area contributed by atoms with Crippen LogP contribution < -0.4 is 0 Å². The number of ketones is 1. The molecule has 0 heterocycles. The SMILES string of the molecule is CCOC(=O)CCc1cccc(CCC(C)=O)c1. The van der Waals surface area contributed by atoms with Crippen molar-refractivity contribution in [2.45, 2.75) is 39.5 Å². The first-order chi connectivity index (χ1) is 8.61. The van der Waals surface area contributed by atoms with Crippen LogP contribution in [0, 0.1) is 0 Å². The quantitative estimate of drug-likeness (QED) is 0.697. The molecule has 3 heteroatoms. The number of rotatable bonds is 7. The minimum absolute atomic E-state index is 0.161. The van der Waals surface area contributed by atoms with Gasteiger partial charge in [-0.2, -0.15) is 0 Å². The molecule has 1 aromatic carbocycles. The second kappa shape index (κ2) is 7.64. The number of hydrogen-bond acceptors (Lipinski definition) is 3. The Kier molecular flexibility index (Phi) is 6.12. The monoisotopic (exact) mass is 248 g/mol. The van der Waals surface area contributed by atoms with E-state index in [4.69, 9.17) is 4.74 Å². The standard InChI is InChI=1S/C15H20O3/c1-3-18-15(17)10-9-14-6-4-5-13(11-14)8-7-12(2)16/h4-6,11H,3,7-10H2,1-2H3. The van der Waals surface area contributed by atoms with Crippen molar-refractivity contribution in [2.24, 2.45) is 0 Å². The predicted octanol–water partition coefficient (Wildman–Crippen LogP) is 2.70. The molecule has 1 aromatic rings. The van der Waals surface area contributed by atoms with Crippen LogP contribution in [0.25, 0.3) is 0 Å². The van der Waals surface area contributed by atoms with Gasteiger partial charge in [-0.1, -0.05) is 24.3 Å². The van der Waals surface area contributed by atoms with Crippen LogP contribution >= 0.6 is 0 Å². The fourth-order valence-electron chi connectivity index (χ4n) is 1.74. The van der Waals surface area contributed by atoms with Crippen LogP contribution in [0.2, 0.25) is 0 Å². The lowest BCUT2D eigenvalue weighted by Crippen LogP contribution is -2.05. The number of Topliss-reactive ketones (excluding diaryl/α,β-unsaturated/α-hetero) is 1. The molecule has 0 unspecified atom stereocenters. The van der Waals surface area contributed by atoms with E-state index in [1.165, 1.54) is 0 Å². The van der Waals surface area contributed by atoms with Gasteiger partial charge in [0.05, 0.1) is 6.61 Å². The molecule has 0 aliphatic rings. The average molecular weight is 248 g/mol. The molecule has 0 bridgehead atoms. The molecular formula is C15H20O3. The molecule has 0 radical (unpaired) electrons. The summed E-state index contributed by atoms with van der Waals surface area (Å²) in [6.07, 6.45) is 2.43. The fourth-order valence-corrected chi connectivity index (χ4v) is 1.74. The Balaban J connectivity index is 2.48. The number of aryl methyl sites for hydroxylation is 2. The highest BCUT2D eigenvalue weighted by Crippen LogP contribution is 2.10. The molecule has 0 N–H and O–H groups in total. The Labute approximate surface area is 108 Å². The summed E-state index contributed by atoms with van der Waals surface area (Å²) in [7, 11) is 0. The maximum absolute atomic E-state index is 11.2. The summed E-state index contributed by atoms with van der Waals surface area (Å²) in [4.78, 5) is 22.2. The van der Waals surface area contributed by atoms with E-state index in [0.29, 0.717) is 25.9 Å². The van der Waals surface area contributed by atoms with Crippen molar-refractivity contribution in [3.8, 4) is 0 Å². The van der Waals surface area contributed by atoms with Crippen molar-refractivity contribution in [3.63, 3.8) is 0 Å². The zero-order chi connectivity index (χ0) is 13.4. The molecule has 0 aliphatic carbocycles. The minimum Gasteiger partial charge on any atom is -0.466 e. The number of carbonyl (C=O) groups is 2. The zero-order valence-electron chi connectivity index (χ0n) is 11.1. The van der Waals surface area contributed by atoms with Gasteiger partial charge in [0.1, 0.15) is 5.78 Å². The molecule has 0 spiro atoms. The second-order valence-electron chi connectivity index (χ2n) is 4.33. The Hall–Kier alpha value is -1.64. The molecule has 0 amide bonds. The maximum Gasteiger partial charge on any atom is 0.306 e. The highest BCUT2D eigenvalue weighted by Gasteiger charge is 2.03. The third kappa shape index (κ3) is 5.62. The van der Waals surface area contributed by atoms with Gasteiger partial charge in [0, 0.05) is 12.8 Å². The fraction of sp³-hybridized carbons (Fsp3) is 0.467. The van der Waals surface area contributed by atoms with Gasteiger partial charge in [-0.3, -0.25) is 4.79 Å². The van der Waals surface area contributed by atoms with Crippen LogP contribution in [0.5, 0.6) is 0 Å². The van der Waals surface area contributed by atoms with Crippen LogP contribution in [0.15, 0.2) is 24.3 Å². The van der Waals surface area contributed by atoms with Crippen LogP contribution in [0.4, 0.5) is 0 Å². The largest absolute Gasteiger partial charge is 0.466 e. The van der Waals surface area contributed by atoms with E-state index in [9.17, 15) is 9.59 Å². The van der Waals surface area contributed by atoms with Gasteiger partial charge in [-0.05, 0) is 37.8 Å². The number of esters is 1. The molecule has 0 fully saturated rings. The van der Waals surface area contributed by atoms with E-state index in [1.807, 2.05) is 18.2 Å². The number of benzene rings is 1. The average Bonchev–Trinajstić information content (AvgIpc) is 2.35. The smallest absolute Gasteiger partial charge is 0.306 e. The Morgan fingerprint density at radius 1 is 1.11 bits per heavy atom. The van der Waals surface area contributed by atoms with E-state index in [1.54, 1.807) is 13.8 Å². The molecule has 0 saturated heterocycles. The van der Waals surface area contributed by atoms with Gasteiger partial charge in [0.15, 0.2) is 0 Å². The second-order valence-corrected chi connectivity index (χ2v) is 4.33. The third-order valence-electron chi connectivity index (χ3n) is 2.68. The summed E-state index contributed by atoms with van der Waals surface area (Å²) in [6, 6.07) is 8.03. The lowest BCUT2D eigenvalue weighted by atomic mass is 10.0. The summed E-state index contributed by atoms with van der Waals surface area (Å²) < 4.78 is 4.89. The lowest BCUT2D eigenvalue weighted by molar-refractivity contribution is -0.143. The van der Waals surface area contributed by atoms with Crippen molar-refractivity contribution in [1.82, 2.24) is 0 Å². The number of ether oxygens (including phenoxy) is 1. The Morgan fingerprint density at radius 2 is 1.72 bits per heavy atom. The Morgan fingerprint density at radius 3 is 2.28 bits per heavy atom. The third-order valence-corrected chi connectivity index (χ3v) is 2.68. The molecule has 1 rings (SSSR count). The summed E-state index contributed by atoms with van der Waals surface area (Å²) in [6.45, 7) is 3.84. The van der Waals surface area contributed by atoms with Gasteiger partial charge in [0.2, 0.25) is 0 Å². The lowest BCUT2D eigenvalue weighted by Gasteiger charge is -2.05. The first kappa shape index (κ1) is 14.4. The topological polar surface area (TPSA) is 43.4 Å². The maximum atomic E-state index is 11.2. The molecule has 0 aromatic heterocycles. The normalized spacial score (nSPS) is 10.1. The van der Waals surface area contributed by atoms with Crippen molar-refractivity contribution in [2.75, 3.05) is 6.61 Å².